The highest BCUT2D eigenvalue weighted by Crippen LogP contribution is 2.46. The number of carboxylic acid groups (broad SMARTS) is 1. The number of hydrogen-bond donors (Lipinski definition) is 7. The lowest BCUT2D eigenvalue weighted by Crippen LogP contribution is -2.50. The van der Waals surface area contributed by atoms with E-state index in [1.807, 2.05) is 0 Å². The molecule has 2 aliphatic heterocycles. The molecule has 4 heterocycles. The molecule has 0 saturated heterocycles. The maximum atomic E-state index is 15.2. The third kappa shape index (κ3) is 6.97. The molecule has 17 nitrogen and oxygen atoms in total. The molecule has 1 aliphatic carbocycles. The maximum absolute atomic E-state index is 15.2. The summed E-state index contributed by atoms with van der Waals surface area (Å²) in [6, 6.07) is 0.449. The largest absolute Gasteiger partial charge is 0.483 e. The monoisotopic (exact) mass is 740 g/mol. The van der Waals surface area contributed by atoms with Crippen molar-refractivity contribution < 1.29 is 53.2 Å². The van der Waals surface area contributed by atoms with Crippen LogP contribution in [-0.4, -0.2) is 86.6 Å². The van der Waals surface area contributed by atoms with Crippen molar-refractivity contribution in [3.63, 3.8) is 0 Å². The van der Waals surface area contributed by atoms with Crippen molar-refractivity contribution in [2.24, 2.45) is 5.73 Å². The quantitative estimate of drug-likeness (QED) is 0.0623. The maximum Gasteiger partial charge on any atom is 0.343 e. The molecule has 3 aliphatic rings. The number of aliphatic hydroxyl groups excluding tert-OH is 1. The first-order chi connectivity index (χ1) is 25.1. The fourth-order valence-electron chi connectivity index (χ4n) is 6.95. The third-order valence-corrected chi connectivity index (χ3v) is 9.85. The fourth-order valence-corrected chi connectivity index (χ4v) is 6.95. The SMILES string of the molecule is CC[C@@]1(O)C(=O)OCc2c1cc1n(c2=O)Cc2c-1nc1cc(F)c(C)c3c1c2[C@@H](NC(=O)[C@@H](CO)OCNC(=O)[C@H](C)NC(=O)[C@H](C)N)CC3.O=CO. The van der Waals surface area contributed by atoms with Gasteiger partial charge in [0.2, 0.25) is 11.8 Å². The Labute approximate surface area is 301 Å². The van der Waals surface area contributed by atoms with Crippen molar-refractivity contribution in [3.8, 4) is 11.4 Å². The number of nitrogens with zero attached hydrogens (tertiary/aromatic N) is 2. The molecule has 5 atom stereocenters. The lowest BCUT2D eigenvalue weighted by molar-refractivity contribution is -0.172. The first-order valence-corrected chi connectivity index (χ1v) is 16.9. The summed E-state index contributed by atoms with van der Waals surface area (Å²) in [7, 11) is 0. The Hall–Kier alpha value is -5.30. The van der Waals surface area contributed by atoms with E-state index in [0.29, 0.717) is 51.8 Å². The Morgan fingerprint density at radius 1 is 1.19 bits per heavy atom. The molecule has 0 unspecified atom stereocenters. The van der Waals surface area contributed by atoms with Crippen LogP contribution in [0, 0.1) is 12.7 Å². The van der Waals surface area contributed by atoms with Crippen molar-refractivity contribution in [2.75, 3.05) is 13.3 Å². The van der Waals surface area contributed by atoms with Crippen molar-refractivity contribution >= 4 is 41.1 Å². The van der Waals surface area contributed by atoms with Crippen LogP contribution in [0.1, 0.15) is 73.0 Å². The molecule has 8 N–H and O–H groups in total. The second-order valence-corrected chi connectivity index (χ2v) is 13.1. The highest BCUT2D eigenvalue weighted by atomic mass is 19.1. The van der Waals surface area contributed by atoms with Gasteiger partial charge in [0, 0.05) is 22.6 Å². The number of hydrogen-bond acceptors (Lipinski definition) is 12. The number of nitrogens with one attached hydrogen (secondary N) is 3. The second-order valence-electron chi connectivity index (χ2n) is 13.1. The summed E-state index contributed by atoms with van der Waals surface area (Å²) in [6.07, 6.45) is -0.677. The van der Waals surface area contributed by atoms with Crippen LogP contribution < -0.4 is 27.2 Å². The van der Waals surface area contributed by atoms with Crippen LogP contribution in [0.2, 0.25) is 0 Å². The summed E-state index contributed by atoms with van der Waals surface area (Å²) in [5.74, 6) is -3.12. The zero-order valence-electron chi connectivity index (χ0n) is 29.4. The van der Waals surface area contributed by atoms with E-state index in [-0.39, 0.29) is 37.2 Å². The zero-order valence-corrected chi connectivity index (χ0v) is 29.4. The molecule has 3 aromatic rings. The number of benzene rings is 1. The van der Waals surface area contributed by atoms with Crippen LogP contribution in [-0.2, 0) is 58.6 Å². The van der Waals surface area contributed by atoms with Crippen LogP contribution in [0.25, 0.3) is 22.3 Å². The van der Waals surface area contributed by atoms with Crippen molar-refractivity contribution in [1.82, 2.24) is 25.5 Å². The van der Waals surface area contributed by atoms with Gasteiger partial charge < -0.3 is 51.0 Å². The summed E-state index contributed by atoms with van der Waals surface area (Å²) in [5.41, 5.74) is 6.70. The molecule has 0 fully saturated rings. The first-order valence-electron chi connectivity index (χ1n) is 16.9. The number of cyclic esters (lactones) is 1. The number of aryl methyl sites for hydroxylation is 1. The minimum atomic E-state index is -2.03. The zero-order chi connectivity index (χ0) is 38.9. The Bertz CT molecular complexity index is 2070. The Kier molecular flexibility index (Phi) is 11.3. The number of esters is 1. The van der Waals surface area contributed by atoms with Crippen molar-refractivity contribution in [1.29, 1.82) is 0 Å². The minimum absolute atomic E-state index is 0.0339. The van der Waals surface area contributed by atoms with Gasteiger partial charge in [-0.25, -0.2) is 14.2 Å². The number of amides is 3. The minimum Gasteiger partial charge on any atom is -0.483 e. The van der Waals surface area contributed by atoms with Gasteiger partial charge in [-0.1, -0.05) is 6.92 Å². The third-order valence-electron chi connectivity index (χ3n) is 9.85. The lowest BCUT2D eigenvalue weighted by atomic mass is 9.81. The Morgan fingerprint density at radius 2 is 1.89 bits per heavy atom. The van der Waals surface area contributed by atoms with Gasteiger partial charge >= 0.3 is 5.97 Å². The van der Waals surface area contributed by atoms with E-state index in [2.05, 4.69) is 16.0 Å². The topological polar surface area (TPSA) is 262 Å². The highest BCUT2D eigenvalue weighted by Gasteiger charge is 2.46. The van der Waals surface area contributed by atoms with Crippen LogP contribution >= 0.6 is 0 Å². The van der Waals surface area contributed by atoms with Gasteiger partial charge in [0.05, 0.1) is 47.7 Å². The highest BCUT2D eigenvalue weighted by molar-refractivity contribution is 5.94. The van der Waals surface area contributed by atoms with Crippen molar-refractivity contribution in [3.05, 3.63) is 61.7 Å². The number of ether oxygens (including phenoxy) is 2. The summed E-state index contributed by atoms with van der Waals surface area (Å²) in [6.45, 7) is 4.53. The van der Waals surface area contributed by atoms with E-state index in [9.17, 15) is 34.2 Å². The average Bonchev–Trinajstić information content (AvgIpc) is 3.49. The Balaban J connectivity index is 0.00000175. The predicted octanol–water partition coefficient (Wildman–Crippen LogP) is -0.365. The fraction of sp³-hybridized carbons (Fsp3) is 0.457. The molecule has 6 rings (SSSR count). The number of halogens is 1. The Morgan fingerprint density at radius 3 is 2.53 bits per heavy atom. The van der Waals surface area contributed by atoms with Crippen molar-refractivity contribution in [2.45, 2.75) is 89.9 Å². The normalized spacial score (nSPS) is 19.6. The molecule has 0 radical (unpaired) electrons. The molecule has 2 aromatic heterocycles. The molecule has 18 heteroatoms. The van der Waals surface area contributed by atoms with Gasteiger partial charge in [-0.15, -0.1) is 0 Å². The molecular weight excluding hydrogens is 699 g/mol. The van der Waals surface area contributed by atoms with E-state index in [1.54, 1.807) is 19.9 Å². The summed E-state index contributed by atoms with van der Waals surface area (Å²) < 4.78 is 27.4. The van der Waals surface area contributed by atoms with E-state index in [0.717, 1.165) is 5.56 Å². The lowest BCUT2D eigenvalue weighted by Gasteiger charge is -2.31. The number of pyridine rings is 2. The molecule has 3 amide bonds. The number of nitrogens with two attached hydrogens (primary N) is 1. The number of rotatable bonds is 10. The molecule has 0 saturated carbocycles. The van der Waals surface area contributed by atoms with E-state index in [1.165, 1.54) is 24.5 Å². The number of aliphatic hydroxyl groups is 2. The number of aromatic nitrogens is 2. The molecule has 53 heavy (non-hydrogen) atoms. The molecule has 0 spiro atoms. The molecular formula is C35H41FN6O11. The first kappa shape index (κ1) is 38.9. The predicted molar refractivity (Wildman–Crippen MR) is 183 cm³/mol. The molecule has 1 aromatic carbocycles. The standard InChI is InChI=1S/C34H39FN6O9.CH2O2/c1-5-34(48)20-8-24-28-18(10-41(24)32(46)19(20)12-49-33(34)47)27-22(7-6-17-14(2)21(35)9-23(39-28)26(17)27)40-31(45)25(11-42)50-13-37-30(44)16(4)38-29(43)15(3)36;2-1-3/h8-9,15-16,22,25,42,48H,5-7,10-13,36H2,1-4H3,(H,37,44)(H,38,43)(H,40,45);1H,(H,2,3)/t15-,16-,22-,25+,34-;/m0./s1. The summed E-state index contributed by atoms with van der Waals surface area (Å²) >= 11 is 0. The van der Waals surface area contributed by atoms with Gasteiger partial charge in [0.1, 0.15) is 25.2 Å². The molecule has 0 bridgehead atoms. The average molecular weight is 741 g/mol. The van der Waals surface area contributed by atoms with Gasteiger partial charge in [0.25, 0.3) is 17.9 Å². The van der Waals surface area contributed by atoms with Crippen LogP contribution in [0.15, 0.2) is 16.9 Å². The van der Waals surface area contributed by atoms with E-state index in [4.69, 9.17) is 30.1 Å². The second kappa shape index (κ2) is 15.4. The van der Waals surface area contributed by atoms with Gasteiger partial charge in [-0.2, -0.15) is 0 Å². The van der Waals surface area contributed by atoms with Gasteiger partial charge in [0.15, 0.2) is 11.7 Å². The number of fused-ring (bicyclic) bond motifs is 5. The van der Waals surface area contributed by atoms with Crippen LogP contribution in [0.3, 0.4) is 0 Å². The van der Waals surface area contributed by atoms with Crippen LogP contribution in [0.5, 0.6) is 0 Å². The van der Waals surface area contributed by atoms with E-state index >= 15 is 4.39 Å². The molecule has 284 valence electrons. The van der Waals surface area contributed by atoms with E-state index < -0.39 is 78.2 Å². The smallest absolute Gasteiger partial charge is 0.343 e. The summed E-state index contributed by atoms with van der Waals surface area (Å²) in [5, 5.41) is 36.7. The number of carbonyl (C=O) groups is 5. The van der Waals surface area contributed by atoms with Gasteiger partial charge in [-0.05, 0) is 62.8 Å². The van der Waals surface area contributed by atoms with Gasteiger partial charge in [-0.3, -0.25) is 24.0 Å². The van der Waals surface area contributed by atoms with Crippen LogP contribution in [0.4, 0.5) is 4.39 Å². The number of carbonyl (C=O) groups excluding carboxylic acids is 4. The summed E-state index contributed by atoms with van der Waals surface area (Å²) in [4.78, 5) is 77.4.